The van der Waals surface area contributed by atoms with E-state index in [1.54, 1.807) is 0 Å². The average molecular weight is 329 g/mol. The zero-order chi connectivity index (χ0) is 16.6. The molecule has 3 rings (SSSR count). The standard InChI is InChI=1S/C20H32N4/c21-20(23-19-11-10-17-8-7-9-18(17)16-19)22-12-3-1-4-13-24-14-5-2-6-15-24/h10-11,16H,1-9,12-15H2,(H3,21,22,23). The van der Waals surface area contributed by atoms with Crippen LogP contribution in [0.1, 0.15) is 56.1 Å². The van der Waals surface area contributed by atoms with Crippen LogP contribution in [0.3, 0.4) is 0 Å². The first-order chi connectivity index (χ1) is 11.8. The first kappa shape index (κ1) is 17.3. The highest BCUT2D eigenvalue weighted by Crippen LogP contribution is 2.24. The van der Waals surface area contributed by atoms with Crippen molar-refractivity contribution in [3.63, 3.8) is 0 Å². The van der Waals surface area contributed by atoms with Crippen LogP contribution in [-0.4, -0.2) is 37.0 Å². The van der Waals surface area contributed by atoms with Gasteiger partial charge in [-0.2, -0.15) is 0 Å². The monoisotopic (exact) mass is 328 g/mol. The van der Waals surface area contributed by atoms with Gasteiger partial charge in [-0.25, -0.2) is 0 Å². The van der Waals surface area contributed by atoms with Gasteiger partial charge in [-0.05, 0) is 87.8 Å². The maximum Gasteiger partial charge on any atom is 0.193 e. The number of fused-ring (bicyclic) bond motifs is 1. The van der Waals surface area contributed by atoms with Crippen molar-refractivity contribution in [2.24, 2.45) is 10.7 Å². The SMILES string of the molecule is NC(=NCCCCCN1CCCCC1)Nc1ccc2c(c1)CCC2. The Labute approximate surface area is 146 Å². The number of rotatable bonds is 7. The number of hydrogen-bond donors (Lipinski definition) is 2. The molecule has 1 saturated heterocycles. The third kappa shape index (κ3) is 5.23. The molecule has 0 saturated carbocycles. The van der Waals surface area contributed by atoms with E-state index in [1.807, 2.05) is 0 Å². The predicted molar refractivity (Wildman–Crippen MR) is 103 cm³/mol. The molecule has 1 heterocycles. The van der Waals surface area contributed by atoms with Crippen molar-refractivity contribution >= 4 is 11.6 Å². The van der Waals surface area contributed by atoms with E-state index in [-0.39, 0.29) is 0 Å². The van der Waals surface area contributed by atoms with Crippen LogP contribution >= 0.6 is 0 Å². The minimum absolute atomic E-state index is 0.545. The molecule has 0 spiro atoms. The van der Waals surface area contributed by atoms with Crippen molar-refractivity contribution < 1.29 is 0 Å². The number of benzene rings is 1. The predicted octanol–water partition coefficient (Wildman–Crippen LogP) is 3.56. The highest BCUT2D eigenvalue weighted by molar-refractivity contribution is 5.92. The number of aryl methyl sites for hydroxylation is 2. The summed E-state index contributed by atoms with van der Waals surface area (Å²) in [5.74, 6) is 0.545. The zero-order valence-electron chi connectivity index (χ0n) is 14.9. The molecule has 132 valence electrons. The third-order valence-corrected chi connectivity index (χ3v) is 5.23. The Morgan fingerprint density at radius 1 is 1.00 bits per heavy atom. The van der Waals surface area contributed by atoms with Crippen LogP contribution in [0.4, 0.5) is 5.69 Å². The van der Waals surface area contributed by atoms with Crippen LogP contribution < -0.4 is 11.1 Å². The van der Waals surface area contributed by atoms with Gasteiger partial charge in [0.1, 0.15) is 0 Å². The number of unbranched alkanes of at least 4 members (excludes halogenated alkanes) is 2. The molecule has 3 N–H and O–H groups in total. The summed E-state index contributed by atoms with van der Waals surface area (Å²) in [6.45, 7) is 4.68. The molecule has 0 amide bonds. The maximum atomic E-state index is 6.01. The number of nitrogens with two attached hydrogens (primary N) is 1. The molecule has 1 aromatic rings. The Hall–Kier alpha value is -1.55. The Morgan fingerprint density at radius 2 is 1.83 bits per heavy atom. The number of piperidine rings is 1. The highest BCUT2D eigenvalue weighted by Gasteiger charge is 2.11. The number of guanidine groups is 1. The lowest BCUT2D eigenvalue weighted by Gasteiger charge is -2.26. The van der Waals surface area contributed by atoms with E-state index in [4.69, 9.17) is 5.73 Å². The van der Waals surface area contributed by atoms with E-state index in [0.717, 1.165) is 18.7 Å². The fourth-order valence-electron chi connectivity index (χ4n) is 3.84. The van der Waals surface area contributed by atoms with Gasteiger partial charge in [-0.3, -0.25) is 4.99 Å². The number of anilines is 1. The summed E-state index contributed by atoms with van der Waals surface area (Å²) < 4.78 is 0. The van der Waals surface area contributed by atoms with Crippen LogP contribution in [0.2, 0.25) is 0 Å². The van der Waals surface area contributed by atoms with Crippen LogP contribution in [0, 0.1) is 0 Å². The van der Waals surface area contributed by atoms with Crippen LogP contribution in [0.5, 0.6) is 0 Å². The second-order valence-corrected chi connectivity index (χ2v) is 7.19. The number of likely N-dealkylation sites (tertiary alicyclic amines) is 1. The van der Waals surface area contributed by atoms with E-state index < -0.39 is 0 Å². The Balaban J connectivity index is 1.31. The summed E-state index contributed by atoms with van der Waals surface area (Å²) in [5.41, 5.74) is 10.0. The molecule has 24 heavy (non-hydrogen) atoms. The lowest BCUT2D eigenvalue weighted by molar-refractivity contribution is 0.224. The van der Waals surface area contributed by atoms with Crippen molar-refractivity contribution in [2.45, 2.75) is 57.8 Å². The average Bonchev–Trinajstić information content (AvgIpc) is 3.06. The van der Waals surface area contributed by atoms with Gasteiger partial charge >= 0.3 is 0 Å². The first-order valence-electron chi connectivity index (χ1n) is 9.72. The van der Waals surface area contributed by atoms with Gasteiger partial charge in [0.2, 0.25) is 0 Å². The van der Waals surface area contributed by atoms with Crippen molar-refractivity contribution in [3.8, 4) is 0 Å². The quantitative estimate of drug-likeness (QED) is 0.457. The fourth-order valence-corrected chi connectivity index (χ4v) is 3.84. The van der Waals surface area contributed by atoms with Gasteiger partial charge in [0, 0.05) is 12.2 Å². The molecule has 0 unspecified atom stereocenters. The van der Waals surface area contributed by atoms with E-state index in [2.05, 4.69) is 33.4 Å². The molecule has 1 aliphatic heterocycles. The molecular formula is C20H32N4. The summed E-state index contributed by atoms with van der Waals surface area (Å²) in [5, 5.41) is 3.23. The smallest absolute Gasteiger partial charge is 0.193 e. The van der Waals surface area contributed by atoms with Gasteiger partial charge in [-0.1, -0.05) is 18.9 Å². The van der Waals surface area contributed by atoms with Crippen LogP contribution in [-0.2, 0) is 12.8 Å². The molecule has 1 aromatic carbocycles. The minimum atomic E-state index is 0.545. The van der Waals surface area contributed by atoms with Crippen LogP contribution in [0.25, 0.3) is 0 Å². The van der Waals surface area contributed by atoms with Gasteiger partial charge in [0.05, 0.1) is 0 Å². The number of aliphatic imine (C=N–C) groups is 1. The molecule has 0 radical (unpaired) electrons. The van der Waals surface area contributed by atoms with Crippen LogP contribution in [0.15, 0.2) is 23.2 Å². The third-order valence-electron chi connectivity index (χ3n) is 5.23. The molecule has 0 bridgehead atoms. The number of nitrogens with one attached hydrogen (secondary N) is 1. The van der Waals surface area contributed by atoms with Gasteiger partial charge in [0.15, 0.2) is 5.96 Å². The molecule has 4 heteroatoms. The second kappa shape index (κ2) is 9.07. The van der Waals surface area contributed by atoms with Gasteiger partial charge in [0.25, 0.3) is 0 Å². The molecule has 1 aliphatic carbocycles. The summed E-state index contributed by atoms with van der Waals surface area (Å²) in [4.78, 5) is 7.07. The molecule has 0 atom stereocenters. The first-order valence-corrected chi connectivity index (χ1v) is 9.72. The molecule has 4 nitrogen and oxygen atoms in total. The van der Waals surface area contributed by atoms with Crippen molar-refractivity contribution in [3.05, 3.63) is 29.3 Å². The Bertz CT molecular complexity index is 547. The summed E-state index contributed by atoms with van der Waals surface area (Å²) in [7, 11) is 0. The lowest BCUT2D eigenvalue weighted by atomic mass is 10.1. The minimum Gasteiger partial charge on any atom is -0.370 e. The lowest BCUT2D eigenvalue weighted by Crippen LogP contribution is -2.30. The van der Waals surface area contributed by atoms with Gasteiger partial charge in [-0.15, -0.1) is 0 Å². The number of hydrogen-bond acceptors (Lipinski definition) is 2. The van der Waals surface area contributed by atoms with Gasteiger partial charge < -0.3 is 16.0 Å². The normalized spacial score (nSPS) is 18.6. The summed E-state index contributed by atoms with van der Waals surface area (Å²) in [6, 6.07) is 6.56. The van der Waals surface area contributed by atoms with Crippen molar-refractivity contribution in [1.82, 2.24) is 4.90 Å². The maximum absolute atomic E-state index is 6.01. The molecule has 0 aromatic heterocycles. The second-order valence-electron chi connectivity index (χ2n) is 7.19. The zero-order valence-corrected chi connectivity index (χ0v) is 14.9. The Kier molecular flexibility index (Phi) is 6.53. The van der Waals surface area contributed by atoms with E-state index in [1.165, 1.54) is 82.1 Å². The highest BCUT2D eigenvalue weighted by atomic mass is 15.1. The largest absolute Gasteiger partial charge is 0.370 e. The van der Waals surface area contributed by atoms with E-state index in [0.29, 0.717) is 5.96 Å². The molecule has 2 aliphatic rings. The summed E-state index contributed by atoms with van der Waals surface area (Å²) in [6.07, 6.45) is 11.5. The molecule has 1 fully saturated rings. The van der Waals surface area contributed by atoms with Crippen molar-refractivity contribution in [2.75, 3.05) is 31.5 Å². The molecular weight excluding hydrogens is 296 g/mol. The summed E-state index contributed by atoms with van der Waals surface area (Å²) >= 11 is 0. The fraction of sp³-hybridized carbons (Fsp3) is 0.650. The topological polar surface area (TPSA) is 53.6 Å². The Morgan fingerprint density at radius 3 is 2.71 bits per heavy atom. The van der Waals surface area contributed by atoms with E-state index >= 15 is 0 Å². The number of nitrogens with zero attached hydrogens (tertiary/aromatic N) is 2. The van der Waals surface area contributed by atoms with E-state index in [9.17, 15) is 0 Å². The van der Waals surface area contributed by atoms with Crippen molar-refractivity contribution in [1.29, 1.82) is 0 Å².